The summed E-state index contributed by atoms with van der Waals surface area (Å²) in [7, 11) is 0. The average Bonchev–Trinajstić information content (AvgIpc) is 2.84. The second kappa shape index (κ2) is 8.67. The van der Waals surface area contributed by atoms with Crippen molar-refractivity contribution in [3.63, 3.8) is 0 Å². The normalized spacial score (nSPS) is 10.5. The quantitative estimate of drug-likeness (QED) is 0.701. The maximum absolute atomic E-state index is 10.9. The Kier molecular flexibility index (Phi) is 7.23. The molecule has 0 radical (unpaired) electrons. The van der Waals surface area contributed by atoms with Crippen LogP contribution in [0.5, 0.6) is 0 Å². The summed E-state index contributed by atoms with van der Waals surface area (Å²) >= 11 is 0. The van der Waals surface area contributed by atoms with E-state index in [1.165, 1.54) is 32.1 Å². The molecule has 21 heavy (non-hydrogen) atoms. The summed E-state index contributed by atoms with van der Waals surface area (Å²) in [5.74, 6) is 0.0528. The number of carboxylic acid groups (broad SMARTS) is 1. The molecular weight excluding hydrogens is 288 g/mol. The maximum atomic E-state index is 10.9. The highest BCUT2D eigenvalue weighted by Gasteiger charge is 2.07. The number of benzene rings is 1. The van der Waals surface area contributed by atoms with Crippen molar-refractivity contribution in [3.8, 4) is 0 Å². The predicted octanol–water partition coefficient (Wildman–Crippen LogP) is 4.59. The number of aromatic nitrogens is 2. The number of nitrogens with one attached hydrogen (secondary N) is 1. The van der Waals surface area contributed by atoms with Crippen LogP contribution in [0.3, 0.4) is 0 Å². The van der Waals surface area contributed by atoms with Crippen LogP contribution < -0.4 is 0 Å². The molecule has 5 heteroatoms. The zero-order chi connectivity index (χ0) is 14.4. The van der Waals surface area contributed by atoms with Crippen LogP contribution in [0.2, 0.25) is 0 Å². The van der Waals surface area contributed by atoms with Gasteiger partial charge in [-0.1, -0.05) is 39.0 Å². The van der Waals surface area contributed by atoms with E-state index in [-0.39, 0.29) is 12.4 Å². The Morgan fingerprint density at radius 3 is 2.62 bits per heavy atom. The number of rotatable bonds is 8. The SMILES string of the molecule is CCCCCCCCc1nc2ccc(C(=O)O)cc2[nH]1.Cl. The summed E-state index contributed by atoms with van der Waals surface area (Å²) in [6.07, 6.45) is 8.50. The fourth-order valence-electron chi connectivity index (χ4n) is 2.39. The average molecular weight is 311 g/mol. The van der Waals surface area contributed by atoms with Gasteiger partial charge in [-0.15, -0.1) is 12.4 Å². The third-order valence-corrected chi connectivity index (χ3v) is 3.55. The lowest BCUT2D eigenvalue weighted by Gasteiger charge is -1.98. The van der Waals surface area contributed by atoms with Gasteiger partial charge in [-0.05, 0) is 24.6 Å². The van der Waals surface area contributed by atoms with Crippen molar-refractivity contribution in [2.24, 2.45) is 0 Å². The van der Waals surface area contributed by atoms with E-state index < -0.39 is 5.97 Å². The van der Waals surface area contributed by atoms with Crippen molar-refractivity contribution in [2.75, 3.05) is 0 Å². The summed E-state index contributed by atoms with van der Waals surface area (Å²) in [5.41, 5.74) is 1.95. The van der Waals surface area contributed by atoms with Gasteiger partial charge < -0.3 is 10.1 Å². The molecule has 2 N–H and O–H groups in total. The summed E-state index contributed by atoms with van der Waals surface area (Å²) in [6.45, 7) is 2.22. The van der Waals surface area contributed by atoms with Crippen molar-refractivity contribution >= 4 is 29.4 Å². The summed E-state index contributed by atoms with van der Waals surface area (Å²) in [5, 5.41) is 8.96. The van der Waals surface area contributed by atoms with Crippen molar-refractivity contribution in [2.45, 2.75) is 51.9 Å². The van der Waals surface area contributed by atoms with E-state index in [0.29, 0.717) is 5.56 Å². The van der Waals surface area contributed by atoms with Gasteiger partial charge in [0.1, 0.15) is 5.82 Å². The highest BCUT2D eigenvalue weighted by Crippen LogP contribution is 2.15. The molecule has 1 aromatic heterocycles. The Balaban J connectivity index is 0.00000220. The first-order valence-electron chi connectivity index (χ1n) is 7.42. The van der Waals surface area contributed by atoms with Gasteiger partial charge in [0, 0.05) is 6.42 Å². The molecule has 1 aromatic carbocycles. The molecule has 0 unspecified atom stereocenters. The molecule has 0 fully saturated rings. The maximum Gasteiger partial charge on any atom is 0.335 e. The lowest BCUT2D eigenvalue weighted by molar-refractivity contribution is 0.0697. The molecule has 0 saturated carbocycles. The minimum atomic E-state index is -0.904. The zero-order valence-corrected chi connectivity index (χ0v) is 13.2. The lowest BCUT2D eigenvalue weighted by atomic mass is 10.1. The first-order valence-corrected chi connectivity index (χ1v) is 7.42. The highest BCUT2D eigenvalue weighted by atomic mass is 35.5. The summed E-state index contributed by atoms with van der Waals surface area (Å²) in [4.78, 5) is 18.6. The third kappa shape index (κ3) is 5.05. The van der Waals surface area contributed by atoms with Gasteiger partial charge in [0.15, 0.2) is 0 Å². The van der Waals surface area contributed by atoms with Gasteiger partial charge >= 0.3 is 5.97 Å². The highest BCUT2D eigenvalue weighted by molar-refractivity contribution is 5.92. The molecule has 0 aliphatic rings. The van der Waals surface area contributed by atoms with Crippen LogP contribution in [-0.4, -0.2) is 21.0 Å². The van der Waals surface area contributed by atoms with Gasteiger partial charge in [-0.3, -0.25) is 0 Å². The van der Waals surface area contributed by atoms with Crippen LogP contribution in [0.15, 0.2) is 18.2 Å². The van der Waals surface area contributed by atoms with Gasteiger partial charge in [-0.25, -0.2) is 9.78 Å². The molecule has 0 aliphatic heterocycles. The number of unbranched alkanes of at least 4 members (excludes halogenated alkanes) is 5. The van der Waals surface area contributed by atoms with Crippen molar-refractivity contribution in [1.29, 1.82) is 0 Å². The third-order valence-electron chi connectivity index (χ3n) is 3.55. The molecule has 4 nitrogen and oxygen atoms in total. The topological polar surface area (TPSA) is 66.0 Å². The van der Waals surface area contributed by atoms with E-state index in [1.54, 1.807) is 18.2 Å². The largest absolute Gasteiger partial charge is 0.478 e. The van der Waals surface area contributed by atoms with Gasteiger partial charge in [0.05, 0.1) is 16.6 Å². The number of imidazole rings is 1. The first-order chi connectivity index (χ1) is 9.70. The monoisotopic (exact) mass is 310 g/mol. The van der Waals surface area contributed by atoms with E-state index in [1.807, 2.05) is 0 Å². The number of carbonyl (C=O) groups is 1. The number of aromatic amines is 1. The number of fused-ring (bicyclic) bond motifs is 1. The first kappa shape index (κ1) is 17.5. The second-order valence-corrected chi connectivity index (χ2v) is 5.24. The minimum absolute atomic E-state index is 0. The molecule has 0 atom stereocenters. The number of hydrogen-bond donors (Lipinski definition) is 2. The zero-order valence-electron chi connectivity index (χ0n) is 12.4. The molecule has 0 bridgehead atoms. The van der Waals surface area contributed by atoms with Crippen LogP contribution >= 0.6 is 12.4 Å². The molecule has 0 aliphatic carbocycles. The molecular formula is C16H23ClN2O2. The van der Waals surface area contributed by atoms with E-state index in [4.69, 9.17) is 5.11 Å². The Bertz CT molecular complexity index is 581. The lowest BCUT2D eigenvalue weighted by Crippen LogP contribution is -1.94. The van der Waals surface area contributed by atoms with E-state index in [2.05, 4.69) is 16.9 Å². The number of hydrogen-bond acceptors (Lipinski definition) is 2. The second-order valence-electron chi connectivity index (χ2n) is 5.24. The van der Waals surface area contributed by atoms with Crippen LogP contribution in [0, 0.1) is 0 Å². The minimum Gasteiger partial charge on any atom is -0.478 e. The van der Waals surface area contributed by atoms with E-state index >= 15 is 0 Å². The fraction of sp³-hybridized carbons (Fsp3) is 0.500. The van der Waals surface area contributed by atoms with Gasteiger partial charge in [0.25, 0.3) is 0 Å². The number of nitrogens with zero attached hydrogens (tertiary/aromatic N) is 1. The van der Waals surface area contributed by atoms with Crippen LogP contribution in [0.1, 0.15) is 61.6 Å². The molecule has 116 valence electrons. The van der Waals surface area contributed by atoms with Crippen molar-refractivity contribution in [1.82, 2.24) is 9.97 Å². The van der Waals surface area contributed by atoms with Gasteiger partial charge in [0.2, 0.25) is 0 Å². The number of H-pyrrole nitrogens is 1. The van der Waals surface area contributed by atoms with Crippen LogP contribution in [-0.2, 0) is 6.42 Å². The Morgan fingerprint density at radius 1 is 1.19 bits per heavy atom. The molecule has 2 aromatic rings. The number of aromatic carboxylic acids is 1. The Hall–Kier alpha value is -1.55. The molecule has 0 amide bonds. The van der Waals surface area contributed by atoms with E-state index in [0.717, 1.165) is 29.7 Å². The molecule has 1 heterocycles. The number of aryl methyl sites for hydroxylation is 1. The molecule has 0 spiro atoms. The standard InChI is InChI=1S/C16H22N2O2.ClH/c1-2-3-4-5-6-7-8-15-17-13-10-9-12(16(19)20)11-14(13)18-15;/h9-11H,2-8H2,1H3,(H,17,18)(H,19,20);1H. The van der Waals surface area contributed by atoms with Crippen LogP contribution in [0.4, 0.5) is 0 Å². The van der Waals surface area contributed by atoms with Crippen LogP contribution in [0.25, 0.3) is 11.0 Å². The van der Waals surface area contributed by atoms with Crippen molar-refractivity contribution < 1.29 is 9.90 Å². The van der Waals surface area contributed by atoms with Gasteiger partial charge in [-0.2, -0.15) is 0 Å². The molecule has 0 saturated heterocycles. The van der Waals surface area contributed by atoms with Crippen molar-refractivity contribution in [3.05, 3.63) is 29.6 Å². The smallest absolute Gasteiger partial charge is 0.335 e. The summed E-state index contributed by atoms with van der Waals surface area (Å²) < 4.78 is 0. The summed E-state index contributed by atoms with van der Waals surface area (Å²) in [6, 6.07) is 5.01. The predicted molar refractivity (Wildman–Crippen MR) is 87.4 cm³/mol. The Morgan fingerprint density at radius 2 is 1.90 bits per heavy atom. The fourth-order valence-corrected chi connectivity index (χ4v) is 2.39. The van der Waals surface area contributed by atoms with E-state index in [9.17, 15) is 4.79 Å². The Labute approximate surface area is 131 Å². The number of halogens is 1. The molecule has 2 rings (SSSR count). The number of carboxylic acids is 1.